The van der Waals surface area contributed by atoms with Crippen LogP contribution in [0.25, 0.3) is 10.9 Å². The second-order valence-corrected chi connectivity index (χ2v) is 4.31. The Labute approximate surface area is 114 Å². The lowest BCUT2D eigenvalue weighted by Gasteiger charge is -2.07. The van der Waals surface area contributed by atoms with Gasteiger partial charge >= 0.3 is 0 Å². The number of rotatable bonds is 4. The number of halogens is 1. The maximum absolute atomic E-state index is 5.91. The van der Waals surface area contributed by atoms with Crippen LogP contribution in [0, 0.1) is 0 Å². The van der Waals surface area contributed by atoms with Gasteiger partial charge in [0.15, 0.2) is 0 Å². The summed E-state index contributed by atoms with van der Waals surface area (Å²) in [5, 5.41) is 11.0. The highest BCUT2D eigenvalue weighted by atomic mass is 35.5. The predicted molar refractivity (Wildman–Crippen MR) is 73.1 cm³/mol. The number of fused-ring (bicyclic) bond motifs is 1. The highest BCUT2D eigenvalue weighted by Crippen LogP contribution is 2.21. The van der Waals surface area contributed by atoms with Crippen molar-refractivity contribution in [3.05, 3.63) is 41.7 Å². The van der Waals surface area contributed by atoms with E-state index < -0.39 is 0 Å². The molecule has 0 amide bonds. The third kappa shape index (κ3) is 2.63. The van der Waals surface area contributed by atoms with E-state index in [1.807, 2.05) is 24.3 Å². The van der Waals surface area contributed by atoms with Crippen LogP contribution in [0.1, 0.15) is 5.82 Å². The van der Waals surface area contributed by atoms with E-state index in [0.717, 1.165) is 29.0 Å². The maximum atomic E-state index is 5.91. The van der Waals surface area contributed by atoms with Crippen LogP contribution < -0.4 is 5.32 Å². The van der Waals surface area contributed by atoms with Crippen LogP contribution in [-0.4, -0.2) is 31.7 Å². The number of hydrogen-bond donors (Lipinski definition) is 2. The molecule has 0 fully saturated rings. The smallest absolute Gasteiger partial charge is 0.224 e. The molecule has 0 aliphatic rings. The largest absolute Gasteiger partial charge is 0.369 e. The number of anilines is 1. The lowest BCUT2D eigenvalue weighted by molar-refractivity contribution is 0.897. The minimum absolute atomic E-state index is 0.237. The zero-order chi connectivity index (χ0) is 13.1. The molecule has 6 nitrogen and oxygen atoms in total. The molecule has 0 unspecified atom stereocenters. The quantitative estimate of drug-likeness (QED) is 0.712. The average Bonchev–Trinajstić information content (AvgIpc) is 2.91. The number of aromatic amines is 1. The fraction of sp³-hybridized carbons (Fsp3) is 0.167. The Balaban J connectivity index is 1.80. The van der Waals surface area contributed by atoms with E-state index in [-0.39, 0.29) is 5.28 Å². The van der Waals surface area contributed by atoms with Gasteiger partial charge < -0.3 is 5.32 Å². The Kier molecular flexibility index (Phi) is 3.24. The first kappa shape index (κ1) is 11.9. The number of nitrogens with one attached hydrogen (secondary N) is 2. The van der Waals surface area contributed by atoms with Gasteiger partial charge in [-0.15, -0.1) is 0 Å². The fourth-order valence-corrected chi connectivity index (χ4v) is 2.01. The minimum Gasteiger partial charge on any atom is -0.369 e. The van der Waals surface area contributed by atoms with Crippen molar-refractivity contribution in [2.24, 2.45) is 0 Å². The van der Waals surface area contributed by atoms with E-state index in [9.17, 15) is 0 Å². The monoisotopic (exact) mass is 274 g/mol. The van der Waals surface area contributed by atoms with Crippen molar-refractivity contribution in [3.63, 3.8) is 0 Å². The molecule has 19 heavy (non-hydrogen) atoms. The normalized spacial score (nSPS) is 10.8. The first-order valence-electron chi connectivity index (χ1n) is 5.83. The third-order valence-corrected chi connectivity index (χ3v) is 2.86. The van der Waals surface area contributed by atoms with Crippen LogP contribution in [-0.2, 0) is 6.42 Å². The van der Waals surface area contributed by atoms with Crippen LogP contribution in [0.2, 0.25) is 5.28 Å². The highest BCUT2D eigenvalue weighted by Gasteiger charge is 2.05. The van der Waals surface area contributed by atoms with E-state index in [1.165, 1.54) is 6.33 Å². The molecule has 2 aromatic heterocycles. The predicted octanol–water partition coefficient (Wildman–Crippen LogP) is 2.06. The third-order valence-electron chi connectivity index (χ3n) is 2.70. The average molecular weight is 275 g/mol. The summed E-state index contributed by atoms with van der Waals surface area (Å²) in [7, 11) is 0. The standard InChI is InChI=1S/C12H11ClN6/c13-12-17-9-4-2-1-3-8(9)11(18-12)14-6-5-10-15-7-16-19-10/h1-4,7H,5-6H2,(H,14,17,18)(H,15,16,19). The number of H-pyrrole nitrogens is 1. The van der Waals surface area contributed by atoms with Crippen LogP contribution >= 0.6 is 11.6 Å². The molecule has 2 heterocycles. The number of hydrogen-bond acceptors (Lipinski definition) is 5. The van der Waals surface area contributed by atoms with Gasteiger partial charge in [0, 0.05) is 18.4 Å². The zero-order valence-corrected chi connectivity index (χ0v) is 10.7. The van der Waals surface area contributed by atoms with Crippen molar-refractivity contribution in [1.82, 2.24) is 25.1 Å². The Morgan fingerprint density at radius 3 is 2.95 bits per heavy atom. The molecule has 0 bridgehead atoms. The van der Waals surface area contributed by atoms with Crippen molar-refractivity contribution in [3.8, 4) is 0 Å². The number of para-hydroxylation sites is 1. The summed E-state index contributed by atoms with van der Waals surface area (Å²) in [6, 6.07) is 7.73. The molecule has 7 heteroatoms. The zero-order valence-electron chi connectivity index (χ0n) is 9.97. The number of aromatic nitrogens is 5. The van der Waals surface area contributed by atoms with Crippen LogP contribution in [0.3, 0.4) is 0 Å². The topological polar surface area (TPSA) is 79.4 Å². The molecule has 2 N–H and O–H groups in total. The molecular formula is C12H11ClN6. The van der Waals surface area contributed by atoms with Gasteiger partial charge in [0.25, 0.3) is 0 Å². The highest BCUT2D eigenvalue weighted by molar-refractivity contribution is 6.28. The summed E-state index contributed by atoms with van der Waals surface area (Å²) in [6.45, 7) is 0.687. The van der Waals surface area contributed by atoms with Gasteiger partial charge in [-0.1, -0.05) is 12.1 Å². The summed E-state index contributed by atoms with van der Waals surface area (Å²) in [6.07, 6.45) is 2.22. The van der Waals surface area contributed by atoms with Crippen molar-refractivity contribution >= 4 is 28.3 Å². The van der Waals surface area contributed by atoms with Crippen LogP contribution in [0.15, 0.2) is 30.6 Å². The van der Waals surface area contributed by atoms with E-state index >= 15 is 0 Å². The Morgan fingerprint density at radius 1 is 1.21 bits per heavy atom. The summed E-state index contributed by atoms with van der Waals surface area (Å²) in [5.41, 5.74) is 0.824. The Bertz CT molecular complexity index is 682. The summed E-state index contributed by atoms with van der Waals surface area (Å²) in [4.78, 5) is 12.5. The molecule has 3 rings (SSSR count). The van der Waals surface area contributed by atoms with E-state index in [4.69, 9.17) is 11.6 Å². The molecule has 0 saturated heterocycles. The Hall–Kier alpha value is -2.21. The molecule has 3 aromatic rings. The first-order chi connectivity index (χ1) is 9.33. The van der Waals surface area contributed by atoms with Gasteiger partial charge in [0.2, 0.25) is 5.28 Å². The summed E-state index contributed by atoms with van der Waals surface area (Å²) in [5.74, 6) is 1.56. The molecule has 0 atom stereocenters. The van der Waals surface area contributed by atoms with Crippen LogP contribution in [0.4, 0.5) is 5.82 Å². The lowest BCUT2D eigenvalue weighted by Crippen LogP contribution is -2.08. The molecular weight excluding hydrogens is 264 g/mol. The molecule has 0 saturated carbocycles. The van der Waals surface area contributed by atoms with Gasteiger partial charge in [0.1, 0.15) is 18.0 Å². The molecule has 96 valence electrons. The molecule has 0 spiro atoms. The summed E-state index contributed by atoms with van der Waals surface area (Å²) < 4.78 is 0. The van der Waals surface area contributed by atoms with Crippen molar-refractivity contribution in [1.29, 1.82) is 0 Å². The van der Waals surface area contributed by atoms with E-state index in [0.29, 0.717) is 6.54 Å². The number of nitrogens with zero attached hydrogens (tertiary/aromatic N) is 4. The van der Waals surface area contributed by atoms with Gasteiger partial charge in [0.05, 0.1) is 5.52 Å². The second-order valence-electron chi connectivity index (χ2n) is 3.97. The minimum atomic E-state index is 0.237. The SMILES string of the molecule is Clc1nc(NCCc2ncn[nH]2)c2ccccc2n1. The van der Waals surface area contributed by atoms with Crippen LogP contribution in [0.5, 0.6) is 0 Å². The maximum Gasteiger partial charge on any atom is 0.224 e. The Morgan fingerprint density at radius 2 is 2.11 bits per heavy atom. The molecule has 0 aliphatic heterocycles. The lowest BCUT2D eigenvalue weighted by atomic mass is 10.2. The van der Waals surface area contributed by atoms with Crippen molar-refractivity contribution in [2.45, 2.75) is 6.42 Å². The van der Waals surface area contributed by atoms with Gasteiger partial charge in [-0.3, -0.25) is 5.10 Å². The van der Waals surface area contributed by atoms with E-state index in [2.05, 4.69) is 30.5 Å². The van der Waals surface area contributed by atoms with Crippen molar-refractivity contribution < 1.29 is 0 Å². The van der Waals surface area contributed by atoms with Crippen molar-refractivity contribution in [2.75, 3.05) is 11.9 Å². The first-order valence-corrected chi connectivity index (χ1v) is 6.21. The molecule has 0 radical (unpaired) electrons. The molecule has 0 aliphatic carbocycles. The van der Waals surface area contributed by atoms with Gasteiger partial charge in [-0.2, -0.15) is 5.10 Å². The number of benzene rings is 1. The van der Waals surface area contributed by atoms with Gasteiger partial charge in [-0.05, 0) is 23.7 Å². The summed E-state index contributed by atoms with van der Waals surface area (Å²) >= 11 is 5.91. The molecule has 1 aromatic carbocycles. The van der Waals surface area contributed by atoms with E-state index in [1.54, 1.807) is 0 Å². The second kappa shape index (κ2) is 5.19. The fourth-order valence-electron chi connectivity index (χ4n) is 1.83. The van der Waals surface area contributed by atoms with Gasteiger partial charge in [-0.25, -0.2) is 15.0 Å².